The number of aryl methyl sites for hydroxylation is 1. The van der Waals surface area contributed by atoms with Crippen molar-refractivity contribution >= 4 is 21.8 Å². The van der Waals surface area contributed by atoms with Crippen LogP contribution in [0, 0.1) is 0 Å². The Kier molecular flexibility index (Phi) is 8.20. The van der Waals surface area contributed by atoms with Gasteiger partial charge in [-0.05, 0) is 48.4 Å². The fraction of sp³-hybridized carbons (Fsp3) is 0.364. The summed E-state index contributed by atoms with van der Waals surface area (Å²) in [5.41, 5.74) is 1.29. The average molecular weight is 462 g/mol. The van der Waals surface area contributed by atoms with Gasteiger partial charge in [-0.25, -0.2) is 8.42 Å². The highest BCUT2D eigenvalue weighted by Gasteiger charge is 2.26. The van der Waals surface area contributed by atoms with Crippen LogP contribution in [-0.2, 0) is 26.0 Å². The van der Waals surface area contributed by atoms with Crippen LogP contribution in [0.2, 0.25) is 0 Å². The highest BCUT2D eigenvalue weighted by molar-refractivity contribution is 7.89. The number of carbonyl (C=O) groups excluding carboxylic acids is 2. The Hall–Kier alpha value is -2.95. The fourth-order valence-electron chi connectivity index (χ4n) is 3.20. The van der Waals surface area contributed by atoms with E-state index in [2.05, 4.69) is 10.6 Å². The zero-order chi connectivity index (χ0) is 23.0. The summed E-state index contributed by atoms with van der Waals surface area (Å²) in [6, 6.07) is 12.5. The zero-order valence-corrected chi connectivity index (χ0v) is 18.4. The largest absolute Gasteiger partial charge is 0.508 e. The Morgan fingerprint density at radius 3 is 2.22 bits per heavy atom. The van der Waals surface area contributed by atoms with Crippen LogP contribution in [0.3, 0.4) is 0 Å². The number of aromatic hydroxyl groups is 1. The molecule has 1 aliphatic heterocycles. The number of hydrogen-bond acceptors (Lipinski definition) is 6. The maximum atomic E-state index is 12.6. The van der Waals surface area contributed by atoms with E-state index in [1.807, 2.05) is 0 Å². The molecular weight excluding hydrogens is 434 g/mol. The summed E-state index contributed by atoms with van der Waals surface area (Å²) < 4.78 is 31.9. The Labute approximate surface area is 187 Å². The lowest BCUT2D eigenvalue weighted by atomic mass is 10.1. The van der Waals surface area contributed by atoms with Gasteiger partial charge in [0.15, 0.2) is 0 Å². The van der Waals surface area contributed by atoms with Crippen LogP contribution in [0.5, 0.6) is 5.75 Å². The lowest BCUT2D eigenvalue weighted by molar-refractivity contribution is -0.121. The number of sulfonamides is 1. The van der Waals surface area contributed by atoms with Crippen LogP contribution in [0.25, 0.3) is 0 Å². The molecule has 1 heterocycles. The third kappa shape index (κ3) is 6.52. The van der Waals surface area contributed by atoms with E-state index >= 15 is 0 Å². The molecule has 0 aromatic heterocycles. The molecule has 1 saturated heterocycles. The number of phenolic OH excluding ortho intramolecular Hbond substituents is 1. The van der Waals surface area contributed by atoms with Gasteiger partial charge in [-0.15, -0.1) is 0 Å². The number of ether oxygens (including phenoxy) is 1. The molecular formula is C22H27N3O6S. The molecule has 1 fully saturated rings. The second kappa shape index (κ2) is 11.1. The van der Waals surface area contributed by atoms with Crippen molar-refractivity contribution in [2.24, 2.45) is 0 Å². The summed E-state index contributed by atoms with van der Waals surface area (Å²) in [5.74, 6) is -0.359. The van der Waals surface area contributed by atoms with Crippen molar-refractivity contribution in [3.05, 3.63) is 59.7 Å². The molecule has 0 radical (unpaired) electrons. The first kappa shape index (κ1) is 23.7. The molecule has 10 heteroatoms. The molecule has 32 heavy (non-hydrogen) atoms. The number of morpholine rings is 1. The second-order valence-electron chi connectivity index (χ2n) is 7.31. The van der Waals surface area contributed by atoms with Crippen LogP contribution in [0.15, 0.2) is 53.4 Å². The molecule has 0 saturated carbocycles. The molecule has 1 aliphatic rings. The summed E-state index contributed by atoms with van der Waals surface area (Å²) in [5, 5.41) is 14.7. The van der Waals surface area contributed by atoms with Gasteiger partial charge in [0.05, 0.1) is 18.1 Å². The number of carbonyl (C=O) groups is 2. The standard InChI is InChI=1S/C22H27N3O6S/c26-19-6-4-18(5-7-19)22(28)24-12-11-23-21(27)10-3-17-1-8-20(9-2-17)32(29,30)25-13-15-31-16-14-25/h1-2,4-9,26H,3,10-16H2,(H,23,27)(H,24,28). The molecule has 2 amide bonds. The zero-order valence-electron chi connectivity index (χ0n) is 17.6. The smallest absolute Gasteiger partial charge is 0.251 e. The summed E-state index contributed by atoms with van der Waals surface area (Å²) in [7, 11) is -3.53. The summed E-state index contributed by atoms with van der Waals surface area (Å²) >= 11 is 0. The van der Waals surface area contributed by atoms with Gasteiger partial charge in [0.1, 0.15) is 5.75 Å². The molecule has 9 nitrogen and oxygen atoms in total. The van der Waals surface area contributed by atoms with Crippen molar-refractivity contribution < 1.29 is 27.9 Å². The number of nitrogens with zero attached hydrogens (tertiary/aromatic N) is 1. The third-order valence-electron chi connectivity index (χ3n) is 5.03. The molecule has 0 aliphatic carbocycles. The molecule has 0 spiro atoms. The fourth-order valence-corrected chi connectivity index (χ4v) is 4.61. The quantitative estimate of drug-likeness (QED) is 0.477. The lowest BCUT2D eigenvalue weighted by Gasteiger charge is -2.26. The molecule has 2 aromatic rings. The number of phenols is 1. The van der Waals surface area contributed by atoms with Gasteiger partial charge in [0, 0.05) is 38.2 Å². The first-order valence-electron chi connectivity index (χ1n) is 10.4. The van der Waals surface area contributed by atoms with Crippen molar-refractivity contribution in [3.63, 3.8) is 0 Å². The molecule has 0 bridgehead atoms. The van der Waals surface area contributed by atoms with E-state index in [1.54, 1.807) is 24.3 Å². The van der Waals surface area contributed by atoms with Gasteiger partial charge in [0.2, 0.25) is 15.9 Å². The van der Waals surface area contributed by atoms with E-state index in [-0.39, 0.29) is 35.4 Å². The summed E-state index contributed by atoms with van der Waals surface area (Å²) in [4.78, 5) is 24.2. The van der Waals surface area contributed by atoms with Gasteiger partial charge in [-0.3, -0.25) is 9.59 Å². The number of hydrogen-bond donors (Lipinski definition) is 3. The Morgan fingerprint density at radius 2 is 1.56 bits per heavy atom. The molecule has 2 aromatic carbocycles. The third-order valence-corrected chi connectivity index (χ3v) is 6.95. The Balaban J connectivity index is 1.38. The van der Waals surface area contributed by atoms with Gasteiger partial charge in [-0.2, -0.15) is 4.31 Å². The first-order chi connectivity index (χ1) is 15.4. The van der Waals surface area contributed by atoms with Gasteiger partial charge >= 0.3 is 0 Å². The van der Waals surface area contributed by atoms with E-state index in [9.17, 15) is 23.1 Å². The van der Waals surface area contributed by atoms with E-state index in [0.717, 1.165) is 5.56 Å². The molecule has 0 atom stereocenters. The molecule has 172 valence electrons. The number of rotatable bonds is 9. The van der Waals surface area contributed by atoms with Crippen LogP contribution < -0.4 is 10.6 Å². The maximum Gasteiger partial charge on any atom is 0.251 e. The average Bonchev–Trinajstić information content (AvgIpc) is 2.81. The Bertz CT molecular complexity index is 1020. The van der Waals surface area contributed by atoms with Crippen LogP contribution in [0.4, 0.5) is 0 Å². The van der Waals surface area contributed by atoms with E-state index in [4.69, 9.17) is 4.74 Å². The number of benzene rings is 2. The normalized spacial score (nSPS) is 14.6. The van der Waals surface area contributed by atoms with Crippen molar-refractivity contribution in [1.82, 2.24) is 14.9 Å². The SMILES string of the molecule is O=C(CCc1ccc(S(=O)(=O)N2CCOCC2)cc1)NCCNC(=O)c1ccc(O)cc1. The Morgan fingerprint density at radius 1 is 0.938 bits per heavy atom. The van der Waals surface area contributed by atoms with Crippen LogP contribution in [-0.4, -0.2) is 69.0 Å². The summed E-state index contributed by atoms with van der Waals surface area (Å²) in [6.07, 6.45) is 0.727. The number of amides is 2. The minimum Gasteiger partial charge on any atom is -0.508 e. The molecule has 3 rings (SSSR count). The number of nitrogens with one attached hydrogen (secondary N) is 2. The first-order valence-corrected chi connectivity index (χ1v) is 11.8. The highest BCUT2D eigenvalue weighted by Crippen LogP contribution is 2.18. The van der Waals surface area contributed by atoms with Gasteiger partial charge in [-0.1, -0.05) is 12.1 Å². The molecule has 0 unspecified atom stereocenters. The van der Waals surface area contributed by atoms with Gasteiger partial charge in [0.25, 0.3) is 5.91 Å². The predicted molar refractivity (Wildman–Crippen MR) is 118 cm³/mol. The van der Waals surface area contributed by atoms with Gasteiger partial charge < -0.3 is 20.5 Å². The maximum absolute atomic E-state index is 12.6. The lowest BCUT2D eigenvalue weighted by Crippen LogP contribution is -2.40. The van der Waals surface area contributed by atoms with E-state index in [0.29, 0.717) is 44.8 Å². The predicted octanol–water partition coefficient (Wildman–Crippen LogP) is 0.892. The monoisotopic (exact) mass is 461 g/mol. The molecule has 3 N–H and O–H groups in total. The van der Waals surface area contributed by atoms with E-state index < -0.39 is 10.0 Å². The second-order valence-corrected chi connectivity index (χ2v) is 9.25. The van der Waals surface area contributed by atoms with Crippen molar-refractivity contribution in [3.8, 4) is 5.75 Å². The summed E-state index contributed by atoms with van der Waals surface area (Å²) in [6.45, 7) is 2.05. The van der Waals surface area contributed by atoms with Crippen molar-refractivity contribution in [2.45, 2.75) is 17.7 Å². The van der Waals surface area contributed by atoms with Crippen LogP contribution >= 0.6 is 0 Å². The van der Waals surface area contributed by atoms with Crippen molar-refractivity contribution in [1.29, 1.82) is 0 Å². The van der Waals surface area contributed by atoms with Crippen molar-refractivity contribution in [2.75, 3.05) is 39.4 Å². The minimum absolute atomic E-state index is 0.0854. The highest BCUT2D eigenvalue weighted by atomic mass is 32.2. The van der Waals surface area contributed by atoms with Crippen LogP contribution in [0.1, 0.15) is 22.3 Å². The topological polar surface area (TPSA) is 125 Å². The minimum atomic E-state index is -3.53. The van der Waals surface area contributed by atoms with E-state index in [1.165, 1.54) is 28.6 Å².